The molecule has 0 heterocycles. The molecule has 0 aliphatic carbocycles. The first kappa shape index (κ1) is 22.8. The Morgan fingerprint density at radius 2 is 1.42 bits per heavy atom. The van der Waals surface area contributed by atoms with Crippen molar-refractivity contribution in [3.63, 3.8) is 0 Å². The van der Waals surface area contributed by atoms with Crippen molar-refractivity contribution in [2.75, 3.05) is 7.11 Å². The molecule has 0 saturated carbocycles. The highest BCUT2D eigenvalue weighted by Crippen LogP contribution is 2.29. The summed E-state index contributed by atoms with van der Waals surface area (Å²) in [6.07, 6.45) is 2.77. The van der Waals surface area contributed by atoms with Crippen molar-refractivity contribution in [3.8, 4) is 22.3 Å². The molecule has 3 aromatic carbocycles. The van der Waals surface area contributed by atoms with Gasteiger partial charge in [0.05, 0.1) is 11.7 Å². The summed E-state index contributed by atoms with van der Waals surface area (Å²) in [5.41, 5.74) is 5.96. The Bertz CT molecular complexity index is 974. The monoisotopic (exact) mass is 416 g/mol. The van der Waals surface area contributed by atoms with E-state index in [1.807, 2.05) is 31.2 Å². The Morgan fingerprint density at radius 3 is 2.00 bits per heavy atom. The molecule has 0 N–H and O–H groups in total. The van der Waals surface area contributed by atoms with Gasteiger partial charge in [-0.1, -0.05) is 87.0 Å². The van der Waals surface area contributed by atoms with Crippen LogP contribution >= 0.6 is 0 Å². The molecule has 0 aromatic heterocycles. The summed E-state index contributed by atoms with van der Waals surface area (Å²) in [7, 11) is 1.72. The lowest BCUT2D eigenvalue weighted by Gasteiger charge is -2.17. The van der Waals surface area contributed by atoms with E-state index in [-0.39, 0.29) is 18.2 Å². The zero-order chi connectivity index (χ0) is 22.2. The smallest absolute Gasteiger partial charge is 0.339 e. The summed E-state index contributed by atoms with van der Waals surface area (Å²) in [6.45, 7) is 6.20. The lowest BCUT2D eigenvalue weighted by atomic mass is 9.96. The number of carbonyl (C=O) groups is 1. The fourth-order valence-electron chi connectivity index (χ4n) is 3.72. The Balaban J connectivity index is 1.82. The van der Waals surface area contributed by atoms with Crippen LogP contribution in [0.2, 0.25) is 0 Å². The molecule has 3 rings (SSSR count). The molecule has 2 unspecified atom stereocenters. The molecule has 162 valence electrons. The maximum absolute atomic E-state index is 12.9. The standard InChI is InChI=1S/C28H32O3/c1-5-9-25(6-2)31-28(29)27-11-8-7-10-26(27)24-18-16-23(17-19-24)22-14-12-21(13-15-22)20(3)30-4/h7-8,10-20,25H,5-6,9H2,1-4H3. The zero-order valence-electron chi connectivity index (χ0n) is 18.9. The third-order valence-corrected chi connectivity index (χ3v) is 5.75. The second-order valence-corrected chi connectivity index (χ2v) is 7.85. The van der Waals surface area contributed by atoms with Gasteiger partial charge in [-0.3, -0.25) is 0 Å². The lowest BCUT2D eigenvalue weighted by molar-refractivity contribution is 0.0272. The number of ether oxygens (including phenoxy) is 2. The third-order valence-electron chi connectivity index (χ3n) is 5.75. The van der Waals surface area contributed by atoms with Crippen molar-refractivity contribution < 1.29 is 14.3 Å². The van der Waals surface area contributed by atoms with E-state index in [4.69, 9.17) is 9.47 Å². The topological polar surface area (TPSA) is 35.5 Å². The second-order valence-electron chi connectivity index (χ2n) is 7.85. The van der Waals surface area contributed by atoms with E-state index < -0.39 is 0 Å². The fourth-order valence-corrected chi connectivity index (χ4v) is 3.72. The third kappa shape index (κ3) is 5.62. The number of hydrogen-bond acceptors (Lipinski definition) is 3. The summed E-state index contributed by atoms with van der Waals surface area (Å²) in [5, 5.41) is 0. The molecule has 0 aliphatic rings. The van der Waals surface area contributed by atoms with Gasteiger partial charge >= 0.3 is 5.97 Å². The predicted molar refractivity (Wildman–Crippen MR) is 127 cm³/mol. The summed E-state index contributed by atoms with van der Waals surface area (Å²) in [4.78, 5) is 12.9. The quantitative estimate of drug-likeness (QED) is 0.340. The van der Waals surface area contributed by atoms with Crippen molar-refractivity contribution in [1.29, 1.82) is 0 Å². The normalized spacial score (nSPS) is 12.9. The van der Waals surface area contributed by atoms with Crippen molar-refractivity contribution in [2.45, 2.75) is 52.2 Å². The van der Waals surface area contributed by atoms with Crippen LogP contribution < -0.4 is 0 Å². The maximum Gasteiger partial charge on any atom is 0.339 e. The molecule has 2 atom stereocenters. The van der Waals surface area contributed by atoms with E-state index in [1.54, 1.807) is 7.11 Å². The van der Waals surface area contributed by atoms with E-state index in [0.717, 1.165) is 47.1 Å². The van der Waals surface area contributed by atoms with Gasteiger partial charge < -0.3 is 9.47 Å². The highest BCUT2D eigenvalue weighted by atomic mass is 16.5. The molecule has 3 aromatic rings. The van der Waals surface area contributed by atoms with Crippen LogP contribution in [0.3, 0.4) is 0 Å². The number of rotatable bonds is 9. The number of carbonyl (C=O) groups excluding carboxylic acids is 1. The van der Waals surface area contributed by atoms with E-state index in [1.165, 1.54) is 0 Å². The number of hydrogen-bond donors (Lipinski definition) is 0. The molecule has 0 fully saturated rings. The van der Waals surface area contributed by atoms with Crippen molar-refractivity contribution in [1.82, 2.24) is 0 Å². The Hall–Kier alpha value is -2.91. The average molecular weight is 417 g/mol. The maximum atomic E-state index is 12.9. The lowest BCUT2D eigenvalue weighted by Crippen LogP contribution is -2.17. The van der Waals surface area contributed by atoms with Crippen LogP contribution in [0.4, 0.5) is 0 Å². The van der Waals surface area contributed by atoms with Gasteiger partial charge in [-0.25, -0.2) is 4.79 Å². The minimum atomic E-state index is -0.247. The van der Waals surface area contributed by atoms with Crippen LogP contribution in [-0.2, 0) is 9.47 Å². The van der Waals surface area contributed by atoms with Gasteiger partial charge in [-0.15, -0.1) is 0 Å². The fraction of sp³-hybridized carbons (Fsp3) is 0.321. The van der Waals surface area contributed by atoms with E-state index in [9.17, 15) is 4.79 Å². The molecule has 3 nitrogen and oxygen atoms in total. The van der Waals surface area contributed by atoms with Crippen LogP contribution in [0.1, 0.15) is 62.1 Å². The van der Waals surface area contributed by atoms with Crippen molar-refractivity contribution >= 4 is 5.97 Å². The number of methoxy groups -OCH3 is 1. The average Bonchev–Trinajstić information content (AvgIpc) is 2.83. The molecule has 0 amide bonds. The van der Waals surface area contributed by atoms with E-state index in [0.29, 0.717) is 5.56 Å². The minimum absolute atomic E-state index is 0.0308. The molecular weight excluding hydrogens is 384 g/mol. The van der Waals surface area contributed by atoms with Crippen LogP contribution in [0.5, 0.6) is 0 Å². The largest absolute Gasteiger partial charge is 0.459 e. The second kappa shape index (κ2) is 10.9. The zero-order valence-corrected chi connectivity index (χ0v) is 18.9. The molecular formula is C28H32O3. The highest BCUT2D eigenvalue weighted by Gasteiger charge is 2.17. The SMILES string of the molecule is CCCC(CC)OC(=O)c1ccccc1-c1ccc(-c2ccc(C(C)OC)cc2)cc1. The molecule has 3 heteroatoms. The molecule has 31 heavy (non-hydrogen) atoms. The predicted octanol–water partition coefficient (Wildman–Crippen LogP) is 7.46. The van der Waals surface area contributed by atoms with E-state index in [2.05, 4.69) is 62.4 Å². The summed E-state index contributed by atoms with van der Waals surface area (Å²) in [5.74, 6) is -0.247. The molecule has 0 saturated heterocycles. The van der Waals surface area contributed by atoms with Crippen LogP contribution in [0, 0.1) is 0 Å². The van der Waals surface area contributed by atoms with Crippen LogP contribution in [0.25, 0.3) is 22.3 Å². The summed E-state index contributed by atoms with van der Waals surface area (Å²) in [6, 6.07) is 24.4. The Labute approximate surface area is 186 Å². The van der Waals surface area contributed by atoms with Gasteiger partial charge in [0.15, 0.2) is 0 Å². The van der Waals surface area contributed by atoms with Crippen molar-refractivity contribution in [3.05, 3.63) is 83.9 Å². The minimum Gasteiger partial charge on any atom is -0.459 e. The number of esters is 1. The van der Waals surface area contributed by atoms with Crippen LogP contribution in [0.15, 0.2) is 72.8 Å². The van der Waals surface area contributed by atoms with Gasteiger partial charge in [0.25, 0.3) is 0 Å². The molecule has 0 bridgehead atoms. The summed E-state index contributed by atoms with van der Waals surface area (Å²) >= 11 is 0. The van der Waals surface area contributed by atoms with Gasteiger partial charge in [0.2, 0.25) is 0 Å². The van der Waals surface area contributed by atoms with Gasteiger partial charge in [0, 0.05) is 7.11 Å². The van der Waals surface area contributed by atoms with Crippen LogP contribution in [-0.4, -0.2) is 19.2 Å². The number of benzene rings is 3. The summed E-state index contributed by atoms with van der Waals surface area (Å²) < 4.78 is 11.2. The first-order valence-corrected chi connectivity index (χ1v) is 11.1. The van der Waals surface area contributed by atoms with Gasteiger partial charge in [-0.2, -0.15) is 0 Å². The highest BCUT2D eigenvalue weighted by molar-refractivity contribution is 5.97. The van der Waals surface area contributed by atoms with Crippen molar-refractivity contribution in [2.24, 2.45) is 0 Å². The molecule has 0 spiro atoms. The van der Waals surface area contributed by atoms with Gasteiger partial charge in [-0.05, 0) is 53.6 Å². The molecule has 0 aliphatic heterocycles. The first-order valence-electron chi connectivity index (χ1n) is 11.1. The Kier molecular flexibility index (Phi) is 8.02. The first-order chi connectivity index (χ1) is 15.1. The molecule has 0 radical (unpaired) electrons. The van der Waals surface area contributed by atoms with E-state index >= 15 is 0 Å². The Morgan fingerprint density at radius 1 is 0.839 bits per heavy atom. The van der Waals surface area contributed by atoms with Gasteiger partial charge in [0.1, 0.15) is 6.10 Å².